The molecule has 0 unspecified atom stereocenters. The molecule has 1 heterocycles. The summed E-state index contributed by atoms with van der Waals surface area (Å²) in [4.78, 5) is 4.26. The standard InChI is InChI=1S/C14H15N2.3ClH.Zr/c1-11-6-5-7-12(2)14(11)16-10-13-8-3-4-9-15-13;;;;/h3-9H,10H2,1-2H3;3*1H;/q-1;;;;+3/p-3. The van der Waals surface area contributed by atoms with E-state index in [0.717, 1.165) is 11.4 Å². The van der Waals surface area contributed by atoms with Gasteiger partial charge in [-0.2, -0.15) is 0 Å². The van der Waals surface area contributed by atoms with Gasteiger partial charge in [-0.3, -0.25) is 4.98 Å². The quantitative estimate of drug-likeness (QED) is 0.614. The Bertz CT molecular complexity index is 498. The van der Waals surface area contributed by atoms with Crippen molar-refractivity contribution in [2.75, 3.05) is 0 Å². The van der Waals surface area contributed by atoms with Crippen LogP contribution in [0.15, 0.2) is 42.6 Å². The number of benzene rings is 1. The van der Waals surface area contributed by atoms with E-state index in [9.17, 15) is 0 Å². The third kappa shape index (κ3) is 7.08. The molecule has 6 heteroatoms. The van der Waals surface area contributed by atoms with Crippen LogP contribution in [-0.2, 0) is 24.7 Å². The second kappa shape index (κ2) is 9.79. The van der Waals surface area contributed by atoms with Gasteiger partial charge in [-0.05, 0) is 26.0 Å². The van der Waals surface area contributed by atoms with E-state index in [-0.39, 0.29) is 0 Å². The maximum atomic E-state index is 5.00. The Morgan fingerprint density at radius 1 is 1.00 bits per heavy atom. The minimum atomic E-state index is -2.13. The van der Waals surface area contributed by atoms with Crippen LogP contribution in [0.4, 0.5) is 5.69 Å². The molecule has 0 saturated carbocycles. The molecule has 107 valence electrons. The Kier molecular flexibility index (Phi) is 8.79. The summed E-state index contributed by atoms with van der Waals surface area (Å²) in [5, 5.41) is 4.61. The number of hydrogen-bond acceptors (Lipinski definition) is 1. The summed E-state index contributed by atoms with van der Waals surface area (Å²) < 4.78 is 0. The molecule has 0 atom stereocenters. The van der Waals surface area contributed by atoms with Crippen LogP contribution in [0.5, 0.6) is 0 Å². The van der Waals surface area contributed by atoms with E-state index in [1.807, 2.05) is 18.2 Å². The fraction of sp³-hybridized carbons (Fsp3) is 0.214. The molecule has 20 heavy (non-hydrogen) atoms. The molecule has 0 radical (unpaired) electrons. The molecule has 0 amide bonds. The Hall–Kier alpha value is -0.0769. The van der Waals surface area contributed by atoms with Gasteiger partial charge in [0, 0.05) is 11.9 Å². The minimum absolute atomic E-state index is 0.645. The molecular formula is C14H15Cl3N2Zr-. The van der Waals surface area contributed by atoms with Crippen molar-refractivity contribution >= 4 is 31.2 Å². The van der Waals surface area contributed by atoms with Gasteiger partial charge in [0.05, 0.1) is 0 Å². The van der Waals surface area contributed by atoms with Crippen LogP contribution < -0.4 is 0 Å². The van der Waals surface area contributed by atoms with E-state index >= 15 is 0 Å². The average molecular weight is 409 g/mol. The molecule has 1 aromatic heterocycles. The van der Waals surface area contributed by atoms with Gasteiger partial charge in [0.25, 0.3) is 0 Å². The van der Waals surface area contributed by atoms with Crippen LogP contribution in [0.25, 0.3) is 5.32 Å². The van der Waals surface area contributed by atoms with E-state index in [0.29, 0.717) is 6.54 Å². The average Bonchev–Trinajstić information content (AvgIpc) is 2.39. The van der Waals surface area contributed by atoms with Gasteiger partial charge in [0.2, 0.25) is 0 Å². The van der Waals surface area contributed by atoms with Crippen LogP contribution in [0.2, 0.25) is 0 Å². The maximum absolute atomic E-state index is 5.00. The van der Waals surface area contributed by atoms with Crippen molar-refractivity contribution in [2.24, 2.45) is 0 Å². The normalized spacial score (nSPS) is 9.45. The number of pyridine rings is 1. The van der Waals surface area contributed by atoms with Crippen molar-refractivity contribution in [2.45, 2.75) is 20.4 Å². The Morgan fingerprint density at radius 3 is 2.10 bits per heavy atom. The van der Waals surface area contributed by atoms with Crippen molar-refractivity contribution in [1.82, 2.24) is 4.98 Å². The van der Waals surface area contributed by atoms with Crippen molar-refractivity contribution in [3.8, 4) is 0 Å². The summed E-state index contributed by atoms with van der Waals surface area (Å²) >= 11 is -2.13. The van der Waals surface area contributed by atoms with Crippen LogP contribution in [0, 0.1) is 13.8 Å². The Balaban J connectivity index is 0.000000444. The Labute approximate surface area is 138 Å². The van der Waals surface area contributed by atoms with Gasteiger partial charge >= 0.3 is 43.7 Å². The van der Waals surface area contributed by atoms with Gasteiger partial charge in [0.15, 0.2) is 0 Å². The molecule has 0 fully saturated rings. The fourth-order valence-electron chi connectivity index (χ4n) is 1.71. The first-order valence-electron chi connectivity index (χ1n) is 5.97. The van der Waals surface area contributed by atoms with Gasteiger partial charge in [-0.1, -0.05) is 41.9 Å². The zero-order chi connectivity index (χ0) is 15.0. The molecule has 0 spiro atoms. The van der Waals surface area contributed by atoms with E-state index in [1.54, 1.807) is 6.20 Å². The third-order valence-corrected chi connectivity index (χ3v) is 2.56. The first-order valence-corrected chi connectivity index (χ1v) is 15.5. The van der Waals surface area contributed by atoms with Gasteiger partial charge in [-0.25, -0.2) is 0 Å². The van der Waals surface area contributed by atoms with E-state index in [1.165, 1.54) is 11.1 Å². The Morgan fingerprint density at radius 2 is 1.60 bits per heavy atom. The van der Waals surface area contributed by atoms with Gasteiger partial charge in [0.1, 0.15) is 0 Å². The molecule has 0 N–H and O–H groups in total. The first kappa shape index (κ1) is 18.0. The molecule has 2 nitrogen and oxygen atoms in total. The number of halogens is 3. The summed E-state index contributed by atoms with van der Waals surface area (Å²) in [7, 11) is 15.0. The molecule has 0 bridgehead atoms. The molecule has 1 aromatic carbocycles. The number of nitrogens with zero attached hydrogens (tertiary/aromatic N) is 2. The topological polar surface area (TPSA) is 27.0 Å². The summed E-state index contributed by atoms with van der Waals surface area (Å²) in [5.41, 5.74) is 4.53. The second-order valence-electron chi connectivity index (χ2n) is 4.09. The van der Waals surface area contributed by atoms with E-state index < -0.39 is 18.2 Å². The third-order valence-electron chi connectivity index (χ3n) is 2.56. The molecule has 0 aliphatic heterocycles. The van der Waals surface area contributed by atoms with Crippen LogP contribution in [0.3, 0.4) is 0 Å². The monoisotopic (exact) mass is 406 g/mol. The van der Waals surface area contributed by atoms with Crippen molar-refractivity contribution in [3.05, 3.63) is 64.7 Å². The van der Waals surface area contributed by atoms with Crippen molar-refractivity contribution in [1.29, 1.82) is 0 Å². The number of para-hydroxylation sites is 1. The molecule has 2 aromatic rings. The van der Waals surface area contributed by atoms with E-state index in [2.05, 4.69) is 42.3 Å². The number of aromatic nitrogens is 1. The van der Waals surface area contributed by atoms with Crippen LogP contribution >= 0.6 is 25.5 Å². The molecular weight excluding hydrogens is 394 g/mol. The number of aryl methyl sites for hydroxylation is 2. The predicted molar refractivity (Wildman–Crippen MR) is 84.4 cm³/mol. The summed E-state index contributed by atoms with van der Waals surface area (Å²) in [6.07, 6.45) is 1.80. The molecule has 0 saturated heterocycles. The second-order valence-corrected chi connectivity index (χ2v) is 15.3. The molecule has 0 aliphatic carbocycles. The molecule has 0 aliphatic rings. The summed E-state index contributed by atoms with van der Waals surface area (Å²) in [5.74, 6) is 0. The molecule has 2 rings (SSSR count). The predicted octanol–water partition coefficient (Wildman–Crippen LogP) is 5.97. The number of hydrogen-bond donors (Lipinski definition) is 0. The SMILES string of the molecule is Cc1cccc(C)c1[N-]Cc1ccccn1.[Cl][Zr]([Cl])[Cl]. The van der Waals surface area contributed by atoms with Crippen LogP contribution in [-0.4, -0.2) is 4.98 Å². The summed E-state index contributed by atoms with van der Waals surface area (Å²) in [6, 6.07) is 12.1. The van der Waals surface area contributed by atoms with Crippen molar-refractivity contribution in [3.63, 3.8) is 0 Å². The fourth-order valence-corrected chi connectivity index (χ4v) is 1.71. The zero-order valence-electron chi connectivity index (χ0n) is 11.3. The van der Waals surface area contributed by atoms with E-state index in [4.69, 9.17) is 25.5 Å². The van der Waals surface area contributed by atoms with Crippen molar-refractivity contribution < 1.29 is 18.2 Å². The summed E-state index contributed by atoms with van der Waals surface area (Å²) in [6.45, 7) is 4.82. The van der Waals surface area contributed by atoms with Gasteiger partial charge < -0.3 is 5.32 Å². The zero-order valence-corrected chi connectivity index (χ0v) is 16.0. The first-order chi connectivity index (χ1) is 9.50. The van der Waals surface area contributed by atoms with Gasteiger partial charge in [-0.15, -0.1) is 5.69 Å². The van der Waals surface area contributed by atoms with Crippen LogP contribution in [0.1, 0.15) is 16.8 Å². The number of rotatable bonds is 3.